The lowest BCUT2D eigenvalue weighted by Gasteiger charge is -2.13. The minimum atomic E-state index is 0.524. The zero-order valence-corrected chi connectivity index (χ0v) is 6.88. The minimum absolute atomic E-state index is 0.524. The van der Waals surface area contributed by atoms with Crippen LogP contribution < -0.4 is 11.3 Å². The van der Waals surface area contributed by atoms with Gasteiger partial charge in [-0.25, -0.2) is 15.8 Å². The average molecular weight is 164 g/mol. The van der Waals surface area contributed by atoms with Crippen LogP contribution in [0.25, 0.3) is 0 Å². The van der Waals surface area contributed by atoms with Crippen molar-refractivity contribution in [3.8, 4) is 0 Å². The molecule has 0 saturated carbocycles. The van der Waals surface area contributed by atoms with E-state index < -0.39 is 0 Å². The molecule has 0 saturated heterocycles. The lowest BCUT2D eigenvalue weighted by Crippen LogP contribution is -2.14. The first-order chi connectivity index (χ1) is 5.90. The third-order valence-electron chi connectivity index (χ3n) is 2.19. The highest BCUT2D eigenvalue weighted by Gasteiger charge is 2.10. The fraction of sp³-hybridized carbons (Fsp3) is 0.500. The molecule has 3 N–H and O–H groups in total. The van der Waals surface area contributed by atoms with Crippen molar-refractivity contribution < 1.29 is 0 Å². The molecule has 0 unspecified atom stereocenters. The summed E-state index contributed by atoms with van der Waals surface area (Å²) < 4.78 is 0. The maximum Gasteiger partial charge on any atom is 0.237 e. The summed E-state index contributed by atoms with van der Waals surface area (Å²) in [5, 5.41) is 0. The Labute approximate surface area is 71.2 Å². The predicted molar refractivity (Wildman–Crippen MR) is 46.5 cm³/mol. The Kier molecular flexibility index (Phi) is 1.91. The highest BCUT2D eigenvalue weighted by atomic mass is 15.3. The normalized spacial score (nSPS) is 15.4. The fourth-order valence-corrected chi connectivity index (χ4v) is 1.54. The van der Waals surface area contributed by atoms with Gasteiger partial charge in [-0.15, -0.1) is 0 Å². The number of nitrogens with zero attached hydrogens (tertiary/aromatic N) is 2. The topological polar surface area (TPSA) is 63.8 Å². The van der Waals surface area contributed by atoms with Crippen LogP contribution in [0, 0.1) is 0 Å². The molecule has 0 bridgehead atoms. The Morgan fingerprint density at radius 3 is 3.00 bits per heavy atom. The molecule has 0 atom stereocenters. The van der Waals surface area contributed by atoms with Crippen molar-refractivity contribution in [2.45, 2.75) is 25.7 Å². The monoisotopic (exact) mass is 164 g/mol. The molecule has 1 heterocycles. The molecule has 0 amide bonds. The van der Waals surface area contributed by atoms with E-state index in [9.17, 15) is 0 Å². The van der Waals surface area contributed by atoms with Crippen LogP contribution in [0.3, 0.4) is 0 Å². The summed E-state index contributed by atoms with van der Waals surface area (Å²) in [6.07, 6.45) is 6.53. The SMILES string of the molecule is NNc1ncc2c(n1)CCCC2. The smallest absolute Gasteiger partial charge is 0.237 e. The number of aromatic nitrogens is 2. The largest absolute Gasteiger partial charge is 0.292 e. The van der Waals surface area contributed by atoms with Crippen LogP contribution in [0.5, 0.6) is 0 Å². The molecule has 1 aliphatic rings. The Bertz CT molecular complexity index is 284. The summed E-state index contributed by atoms with van der Waals surface area (Å²) in [4.78, 5) is 8.35. The highest BCUT2D eigenvalue weighted by Crippen LogP contribution is 2.18. The standard InChI is InChI=1S/C8H12N4/c9-12-8-10-5-6-3-1-2-4-7(6)11-8/h5H,1-4,9H2,(H,10,11,12). The molecule has 4 heteroatoms. The maximum absolute atomic E-state index is 5.21. The number of fused-ring (bicyclic) bond motifs is 1. The summed E-state index contributed by atoms with van der Waals surface area (Å²) in [5.41, 5.74) is 4.89. The van der Waals surface area contributed by atoms with Crippen LogP contribution in [0.4, 0.5) is 5.95 Å². The summed E-state index contributed by atoms with van der Waals surface area (Å²) in [7, 11) is 0. The van der Waals surface area contributed by atoms with Gasteiger partial charge in [0.15, 0.2) is 0 Å². The van der Waals surface area contributed by atoms with Crippen LogP contribution >= 0.6 is 0 Å². The minimum Gasteiger partial charge on any atom is -0.292 e. The number of nitrogen functional groups attached to an aromatic ring is 1. The van der Waals surface area contributed by atoms with E-state index in [1.165, 1.54) is 18.4 Å². The van der Waals surface area contributed by atoms with Gasteiger partial charge in [0.1, 0.15) is 0 Å². The third-order valence-corrected chi connectivity index (χ3v) is 2.19. The molecule has 1 aromatic rings. The Morgan fingerprint density at radius 1 is 1.33 bits per heavy atom. The van der Waals surface area contributed by atoms with Crippen LogP contribution in [0.2, 0.25) is 0 Å². The summed E-state index contributed by atoms with van der Waals surface area (Å²) >= 11 is 0. The second-order valence-electron chi connectivity index (χ2n) is 3.02. The van der Waals surface area contributed by atoms with Crippen LogP contribution in [0.1, 0.15) is 24.1 Å². The van der Waals surface area contributed by atoms with Gasteiger partial charge < -0.3 is 0 Å². The molecule has 0 spiro atoms. The van der Waals surface area contributed by atoms with Gasteiger partial charge in [-0.3, -0.25) is 5.43 Å². The van der Waals surface area contributed by atoms with Crippen molar-refractivity contribution in [3.63, 3.8) is 0 Å². The number of nitrogens with two attached hydrogens (primary N) is 1. The number of anilines is 1. The molecule has 0 aliphatic heterocycles. The van der Waals surface area contributed by atoms with Gasteiger partial charge in [-0.1, -0.05) is 0 Å². The molecular formula is C8H12N4. The molecule has 0 radical (unpaired) electrons. The van der Waals surface area contributed by atoms with Gasteiger partial charge >= 0.3 is 0 Å². The summed E-state index contributed by atoms with van der Waals surface area (Å²) in [5.74, 6) is 5.73. The van der Waals surface area contributed by atoms with Crippen molar-refractivity contribution in [2.24, 2.45) is 5.84 Å². The van der Waals surface area contributed by atoms with Gasteiger partial charge in [0, 0.05) is 11.9 Å². The summed E-state index contributed by atoms with van der Waals surface area (Å²) in [6, 6.07) is 0. The van der Waals surface area contributed by atoms with Crippen molar-refractivity contribution >= 4 is 5.95 Å². The van der Waals surface area contributed by atoms with E-state index >= 15 is 0 Å². The number of hydrogen-bond donors (Lipinski definition) is 2. The average Bonchev–Trinajstić information content (AvgIpc) is 2.17. The van der Waals surface area contributed by atoms with Crippen molar-refractivity contribution in [1.82, 2.24) is 9.97 Å². The van der Waals surface area contributed by atoms with Crippen LogP contribution in [-0.2, 0) is 12.8 Å². The second-order valence-corrected chi connectivity index (χ2v) is 3.02. The first-order valence-electron chi connectivity index (χ1n) is 4.21. The van der Waals surface area contributed by atoms with Crippen molar-refractivity contribution in [3.05, 3.63) is 17.5 Å². The van der Waals surface area contributed by atoms with Gasteiger partial charge in [-0.05, 0) is 31.2 Å². The molecule has 1 aliphatic carbocycles. The predicted octanol–water partition coefficient (Wildman–Crippen LogP) is 0.641. The van der Waals surface area contributed by atoms with E-state index in [4.69, 9.17) is 5.84 Å². The van der Waals surface area contributed by atoms with Gasteiger partial charge in [0.25, 0.3) is 0 Å². The first-order valence-corrected chi connectivity index (χ1v) is 4.21. The van der Waals surface area contributed by atoms with Gasteiger partial charge in [0.05, 0.1) is 0 Å². The second kappa shape index (κ2) is 3.06. The molecule has 12 heavy (non-hydrogen) atoms. The number of hydrogen-bond acceptors (Lipinski definition) is 4. The molecule has 64 valence electrons. The molecule has 2 rings (SSSR count). The molecule has 0 aromatic carbocycles. The molecule has 1 aromatic heterocycles. The Balaban J connectivity index is 2.36. The van der Waals surface area contributed by atoms with Crippen LogP contribution in [0.15, 0.2) is 6.20 Å². The lowest BCUT2D eigenvalue weighted by atomic mass is 9.98. The molecule has 4 nitrogen and oxygen atoms in total. The Morgan fingerprint density at radius 2 is 2.17 bits per heavy atom. The fourth-order valence-electron chi connectivity index (χ4n) is 1.54. The molecule has 0 fully saturated rings. The summed E-state index contributed by atoms with van der Waals surface area (Å²) in [6.45, 7) is 0. The van der Waals surface area contributed by atoms with E-state index in [1.807, 2.05) is 6.20 Å². The van der Waals surface area contributed by atoms with Crippen molar-refractivity contribution in [1.29, 1.82) is 0 Å². The highest BCUT2D eigenvalue weighted by molar-refractivity contribution is 5.29. The van der Waals surface area contributed by atoms with Gasteiger partial charge in [0.2, 0.25) is 5.95 Å². The van der Waals surface area contributed by atoms with E-state index in [1.54, 1.807) is 0 Å². The number of hydrazine groups is 1. The van der Waals surface area contributed by atoms with E-state index in [0.29, 0.717) is 5.95 Å². The van der Waals surface area contributed by atoms with Crippen LogP contribution in [-0.4, -0.2) is 9.97 Å². The van der Waals surface area contributed by atoms with E-state index in [2.05, 4.69) is 15.4 Å². The Hall–Kier alpha value is -1.16. The molecular weight excluding hydrogens is 152 g/mol. The van der Waals surface area contributed by atoms with Gasteiger partial charge in [-0.2, -0.15) is 0 Å². The first kappa shape index (κ1) is 7.49. The number of nitrogens with one attached hydrogen (secondary N) is 1. The zero-order chi connectivity index (χ0) is 8.39. The van der Waals surface area contributed by atoms with E-state index in [0.717, 1.165) is 18.5 Å². The van der Waals surface area contributed by atoms with E-state index in [-0.39, 0.29) is 0 Å². The quantitative estimate of drug-likeness (QED) is 0.472. The number of aryl methyl sites for hydroxylation is 2. The number of rotatable bonds is 1. The maximum atomic E-state index is 5.21. The lowest BCUT2D eigenvalue weighted by molar-refractivity contribution is 0.663. The third kappa shape index (κ3) is 1.25. The van der Waals surface area contributed by atoms with Crippen molar-refractivity contribution in [2.75, 3.05) is 5.43 Å². The zero-order valence-electron chi connectivity index (χ0n) is 6.88.